The van der Waals surface area contributed by atoms with Crippen LogP contribution in [-0.4, -0.2) is 22.8 Å². The summed E-state index contributed by atoms with van der Waals surface area (Å²) < 4.78 is 0. The highest BCUT2D eigenvalue weighted by atomic mass is 16.4. The smallest absolute Gasteiger partial charge is 0.336 e. The van der Waals surface area contributed by atoms with Gasteiger partial charge < -0.3 is 10.4 Å². The van der Waals surface area contributed by atoms with Gasteiger partial charge in [-0.3, -0.25) is 9.59 Å². The Balaban J connectivity index is 1.58. The number of fused-ring (bicyclic) bond motifs is 1. The molecule has 0 aromatic heterocycles. The zero-order valence-corrected chi connectivity index (χ0v) is 14.7. The molecule has 0 heterocycles. The molecule has 0 saturated carbocycles. The lowest BCUT2D eigenvalue weighted by Crippen LogP contribution is -2.14. The van der Waals surface area contributed by atoms with Crippen molar-refractivity contribution in [3.8, 4) is 0 Å². The van der Waals surface area contributed by atoms with Crippen molar-refractivity contribution in [3.05, 3.63) is 64.2 Å². The standard InChI is InChI=1S/C21H21NO4/c1-13-5-8-17(12-18(13)21(25)26)22-20(24)10-9-19(23)16-7-6-14-3-2-4-15(14)11-16/h5-8,11-12H,2-4,9-10H2,1H3,(H,22,24)(H,25,26). The summed E-state index contributed by atoms with van der Waals surface area (Å²) in [4.78, 5) is 35.6. The van der Waals surface area contributed by atoms with Crippen LogP contribution in [-0.2, 0) is 17.6 Å². The van der Waals surface area contributed by atoms with Crippen molar-refractivity contribution in [1.29, 1.82) is 0 Å². The summed E-state index contributed by atoms with van der Waals surface area (Å²) in [5.74, 6) is -1.39. The highest BCUT2D eigenvalue weighted by Gasteiger charge is 2.15. The lowest BCUT2D eigenvalue weighted by molar-refractivity contribution is -0.116. The monoisotopic (exact) mass is 351 g/mol. The summed E-state index contributed by atoms with van der Waals surface area (Å²) in [6, 6.07) is 10.5. The van der Waals surface area contributed by atoms with Crippen LogP contribution in [0.3, 0.4) is 0 Å². The summed E-state index contributed by atoms with van der Waals surface area (Å²) in [6.07, 6.45) is 3.40. The molecule has 0 bridgehead atoms. The number of hydrogen-bond acceptors (Lipinski definition) is 3. The number of nitrogens with one attached hydrogen (secondary N) is 1. The van der Waals surface area contributed by atoms with Crippen LogP contribution in [0.2, 0.25) is 0 Å². The number of carbonyl (C=O) groups excluding carboxylic acids is 2. The van der Waals surface area contributed by atoms with Gasteiger partial charge in [-0.1, -0.05) is 18.2 Å². The van der Waals surface area contributed by atoms with Gasteiger partial charge in [0, 0.05) is 24.1 Å². The number of rotatable bonds is 6. The molecular weight excluding hydrogens is 330 g/mol. The van der Waals surface area contributed by atoms with Gasteiger partial charge in [0.05, 0.1) is 5.56 Å². The average Bonchev–Trinajstić information content (AvgIpc) is 3.08. The van der Waals surface area contributed by atoms with E-state index in [1.54, 1.807) is 19.1 Å². The maximum atomic E-state index is 12.3. The molecule has 26 heavy (non-hydrogen) atoms. The van der Waals surface area contributed by atoms with Gasteiger partial charge in [0.15, 0.2) is 5.78 Å². The minimum absolute atomic E-state index is 0.0509. The molecule has 0 atom stereocenters. The predicted octanol–water partition coefficient (Wildman–Crippen LogP) is 3.78. The van der Waals surface area contributed by atoms with Crippen LogP contribution >= 0.6 is 0 Å². The molecule has 0 fully saturated rings. The first-order valence-electron chi connectivity index (χ1n) is 8.73. The van der Waals surface area contributed by atoms with Crippen LogP contribution in [0.1, 0.15) is 56.7 Å². The molecule has 1 aliphatic rings. The number of carbonyl (C=O) groups is 3. The Morgan fingerprint density at radius 2 is 1.77 bits per heavy atom. The molecule has 1 amide bonds. The van der Waals surface area contributed by atoms with Gasteiger partial charge in [-0.15, -0.1) is 0 Å². The third kappa shape index (κ3) is 3.99. The summed E-state index contributed by atoms with van der Waals surface area (Å²) >= 11 is 0. The summed E-state index contributed by atoms with van der Waals surface area (Å²) in [6.45, 7) is 1.70. The van der Waals surface area contributed by atoms with Gasteiger partial charge in [0.25, 0.3) is 0 Å². The van der Waals surface area contributed by atoms with Gasteiger partial charge in [-0.2, -0.15) is 0 Å². The van der Waals surface area contributed by atoms with E-state index in [1.165, 1.54) is 17.2 Å². The van der Waals surface area contributed by atoms with Crippen molar-refractivity contribution in [2.24, 2.45) is 0 Å². The van der Waals surface area contributed by atoms with Crippen molar-refractivity contribution in [1.82, 2.24) is 0 Å². The molecule has 134 valence electrons. The maximum absolute atomic E-state index is 12.3. The molecular formula is C21H21NO4. The Bertz CT molecular complexity index is 886. The van der Waals surface area contributed by atoms with E-state index >= 15 is 0 Å². The van der Waals surface area contributed by atoms with E-state index < -0.39 is 5.97 Å². The Kier molecular flexibility index (Phi) is 5.16. The Labute approximate surface area is 152 Å². The van der Waals surface area contributed by atoms with Gasteiger partial charge in [-0.25, -0.2) is 4.79 Å². The van der Waals surface area contributed by atoms with E-state index in [0.29, 0.717) is 16.8 Å². The number of amides is 1. The quantitative estimate of drug-likeness (QED) is 0.776. The fourth-order valence-corrected chi connectivity index (χ4v) is 3.27. The zero-order chi connectivity index (χ0) is 18.7. The average molecular weight is 351 g/mol. The molecule has 5 nitrogen and oxygen atoms in total. The van der Waals surface area contributed by atoms with Gasteiger partial charge >= 0.3 is 5.97 Å². The number of Topliss-reactive ketones (excluding diaryl/α,β-unsaturated/α-hetero) is 1. The molecule has 0 saturated heterocycles. The number of carboxylic acids is 1. The van der Waals surface area contributed by atoms with Crippen molar-refractivity contribution in [2.75, 3.05) is 5.32 Å². The Hall–Kier alpha value is -2.95. The van der Waals surface area contributed by atoms with Crippen molar-refractivity contribution >= 4 is 23.3 Å². The van der Waals surface area contributed by atoms with Crippen LogP contribution in [0, 0.1) is 6.92 Å². The number of hydrogen-bond donors (Lipinski definition) is 2. The largest absolute Gasteiger partial charge is 0.478 e. The van der Waals surface area contributed by atoms with E-state index in [1.807, 2.05) is 18.2 Å². The predicted molar refractivity (Wildman–Crippen MR) is 98.8 cm³/mol. The number of benzene rings is 2. The van der Waals surface area contributed by atoms with Crippen LogP contribution in [0.15, 0.2) is 36.4 Å². The molecule has 0 unspecified atom stereocenters. The summed E-state index contributed by atoms with van der Waals surface area (Å²) in [5.41, 5.74) is 4.40. The van der Waals surface area contributed by atoms with Crippen LogP contribution < -0.4 is 5.32 Å². The highest BCUT2D eigenvalue weighted by molar-refractivity contribution is 6.00. The Morgan fingerprint density at radius 3 is 2.54 bits per heavy atom. The first kappa shape index (κ1) is 17.9. The number of ketones is 1. The molecule has 0 aliphatic heterocycles. The zero-order valence-electron chi connectivity index (χ0n) is 14.7. The number of anilines is 1. The second kappa shape index (κ2) is 7.52. The number of aromatic carboxylic acids is 1. The molecule has 1 aliphatic carbocycles. The van der Waals surface area contributed by atoms with E-state index in [4.69, 9.17) is 5.11 Å². The van der Waals surface area contributed by atoms with Crippen LogP contribution in [0.4, 0.5) is 5.69 Å². The molecule has 3 rings (SSSR count). The lowest BCUT2D eigenvalue weighted by atomic mass is 10.0. The van der Waals surface area contributed by atoms with Crippen LogP contribution in [0.25, 0.3) is 0 Å². The molecule has 2 N–H and O–H groups in total. The fourth-order valence-electron chi connectivity index (χ4n) is 3.27. The second-order valence-corrected chi connectivity index (χ2v) is 6.64. The first-order valence-corrected chi connectivity index (χ1v) is 8.73. The van der Waals surface area contributed by atoms with Gasteiger partial charge in [-0.05, 0) is 61.1 Å². The molecule has 2 aromatic rings. The van der Waals surface area contributed by atoms with E-state index in [0.717, 1.165) is 19.3 Å². The fraction of sp³-hybridized carbons (Fsp3) is 0.286. The SMILES string of the molecule is Cc1ccc(NC(=O)CCC(=O)c2ccc3c(c2)CCC3)cc1C(=O)O. The lowest BCUT2D eigenvalue weighted by Gasteiger charge is -2.08. The molecule has 2 aromatic carbocycles. The third-order valence-electron chi connectivity index (χ3n) is 4.75. The topological polar surface area (TPSA) is 83.5 Å². The molecule has 0 spiro atoms. The first-order chi connectivity index (χ1) is 12.4. The van der Waals surface area contributed by atoms with E-state index in [9.17, 15) is 14.4 Å². The number of aryl methyl sites for hydroxylation is 3. The van der Waals surface area contributed by atoms with Crippen molar-refractivity contribution < 1.29 is 19.5 Å². The molecule has 5 heteroatoms. The van der Waals surface area contributed by atoms with E-state index in [-0.39, 0.29) is 30.1 Å². The van der Waals surface area contributed by atoms with Gasteiger partial charge in [0.2, 0.25) is 5.91 Å². The van der Waals surface area contributed by atoms with Gasteiger partial charge in [0.1, 0.15) is 0 Å². The third-order valence-corrected chi connectivity index (χ3v) is 4.75. The van der Waals surface area contributed by atoms with Crippen molar-refractivity contribution in [3.63, 3.8) is 0 Å². The normalized spacial score (nSPS) is 12.5. The maximum Gasteiger partial charge on any atom is 0.336 e. The number of carboxylic acid groups (broad SMARTS) is 1. The second-order valence-electron chi connectivity index (χ2n) is 6.64. The highest BCUT2D eigenvalue weighted by Crippen LogP contribution is 2.23. The minimum Gasteiger partial charge on any atom is -0.478 e. The minimum atomic E-state index is -1.04. The van der Waals surface area contributed by atoms with Crippen LogP contribution in [0.5, 0.6) is 0 Å². The van der Waals surface area contributed by atoms with E-state index in [2.05, 4.69) is 5.32 Å². The summed E-state index contributed by atoms with van der Waals surface area (Å²) in [7, 11) is 0. The summed E-state index contributed by atoms with van der Waals surface area (Å²) in [5, 5.41) is 11.8. The van der Waals surface area contributed by atoms with Crippen molar-refractivity contribution in [2.45, 2.75) is 39.0 Å². The molecule has 0 radical (unpaired) electrons. The Morgan fingerprint density at radius 1 is 1.00 bits per heavy atom.